The van der Waals surface area contributed by atoms with Crippen molar-refractivity contribution in [3.8, 4) is 0 Å². The summed E-state index contributed by atoms with van der Waals surface area (Å²) in [6.45, 7) is 10.9. The van der Waals surface area contributed by atoms with E-state index < -0.39 is 32.2 Å². The summed E-state index contributed by atoms with van der Waals surface area (Å²) in [4.78, 5) is 0. The van der Waals surface area contributed by atoms with Gasteiger partial charge in [0, 0.05) is 39.6 Å². The summed E-state index contributed by atoms with van der Waals surface area (Å²) >= 11 is 0. The Morgan fingerprint density at radius 1 is 0.692 bits per heavy atom. The smallest absolute Gasteiger partial charge is 1.00 e. The van der Waals surface area contributed by atoms with Crippen LogP contribution >= 0.6 is 0 Å². The molecule has 0 spiro atoms. The van der Waals surface area contributed by atoms with E-state index in [0.717, 1.165) is 0 Å². The molecule has 0 atom stereocenters. The summed E-state index contributed by atoms with van der Waals surface area (Å²) in [7, 11) is -12.7. The summed E-state index contributed by atoms with van der Waals surface area (Å²) in [5.41, 5.74) is 0. The fourth-order valence-corrected chi connectivity index (χ4v) is 13.7. The normalized spacial score (nSPS) is 13.1. The first-order chi connectivity index (χ1) is 11.7. The minimum atomic E-state index is -4.74. The summed E-state index contributed by atoms with van der Waals surface area (Å²) < 4.78 is 67.4. The van der Waals surface area contributed by atoms with Gasteiger partial charge in [-0.3, -0.25) is 4.55 Å². The molecule has 0 rings (SSSR count). The molecule has 0 aliphatic carbocycles. The Balaban J connectivity index is -0.00000288. The maximum atomic E-state index is 12.4. The van der Waals surface area contributed by atoms with Crippen LogP contribution in [0.25, 0.3) is 0 Å². The largest absolute Gasteiger partial charge is 1.00 e. The van der Waals surface area contributed by atoms with Gasteiger partial charge in [0.05, 0.1) is 0 Å². The van der Waals surface area contributed by atoms with Crippen molar-refractivity contribution in [3.63, 3.8) is 0 Å². The molecular formula is C13H33LiO9SSi2. The molecule has 0 radical (unpaired) electrons. The van der Waals surface area contributed by atoms with Crippen molar-refractivity contribution in [3.05, 3.63) is 0 Å². The van der Waals surface area contributed by atoms with E-state index in [2.05, 4.69) is 0 Å². The van der Waals surface area contributed by atoms with Crippen LogP contribution in [0.3, 0.4) is 0 Å². The Morgan fingerprint density at radius 3 is 1.00 bits per heavy atom. The van der Waals surface area contributed by atoms with Gasteiger partial charge in [0.1, 0.15) is 0 Å². The van der Waals surface area contributed by atoms with Crippen LogP contribution in [0.4, 0.5) is 0 Å². The van der Waals surface area contributed by atoms with Crippen LogP contribution in [0.1, 0.15) is 43.0 Å². The van der Waals surface area contributed by atoms with Gasteiger partial charge in [0.2, 0.25) is 4.50 Å². The molecule has 13 heteroatoms. The molecule has 0 aromatic carbocycles. The molecule has 0 aromatic heterocycles. The molecule has 0 fully saturated rings. The zero-order valence-electron chi connectivity index (χ0n) is 17.9. The Labute approximate surface area is 173 Å². The van der Waals surface area contributed by atoms with Gasteiger partial charge in [-0.05, 0) is 41.5 Å². The van der Waals surface area contributed by atoms with Crippen molar-refractivity contribution in [2.45, 2.75) is 46.0 Å². The molecule has 0 heterocycles. The van der Waals surface area contributed by atoms with Crippen LogP contribution in [0.15, 0.2) is 0 Å². The zero-order chi connectivity index (χ0) is 19.6. The molecule has 26 heavy (non-hydrogen) atoms. The van der Waals surface area contributed by atoms with Crippen molar-refractivity contribution >= 4 is 27.7 Å². The molecular weight excluding hydrogens is 395 g/mol. The van der Waals surface area contributed by atoms with E-state index in [9.17, 15) is 13.0 Å². The van der Waals surface area contributed by atoms with Crippen LogP contribution in [0, 0.1) is 0 Å². The standard InChI is InChI=1S/C13H32O9SSi2.Li.H/c1-7-17-24(18-8-2,19-9-3)13(23(14,15)16)25(20-10-4,21-11-5)22-12-6;;/h13H,7-12H2,1-6H3,(H,14,15,16);;/q;+1;-1. The predicted molar refractivity (Wildman–Crippen MR) is 97.7 cm³/mol. The average Bonchev–Trinajstić information content (AvgIpc) is 2.47. The molecule has 154 valence electrons. The molecule has 0 aliphatic rings. The molecule has 0 amide bonds. The Bertz CT molecular complexity index is 413. The molecule has 0 saturated heterocycles. The second-order valence-corrected chi connectivity index (χ2v) is 12.9. The van der Waals surface area contributed by atoms with Crippen molar-refractivity contribution in [1.82, 2.24) is 0 Å². The second kappa shape index (κ2) is 13.8. The van der Waals surface area contributed by atoms with Crippen molar-refractivity contribution in [2.75, 3.05) is 39.6 Å². The first-order valence-corrected chi connectivity index (χ1v) is 13.6. The average molecular weight is 429 g/mol. The number of hydrogen-bond donors (Lipinski definition) is 1. The first-order valence-electron chi connectivity index (χ1n) is 8.53. The Hall–Kier alpha value is 0.701. The van der Waals surface area contributed by atoms with Crippen LogP contribution in [0.5, 0.6) is 0 Å². The van der Waals surface area contributed by atoms with Crippen LogP contribution in [-0.4, -0.2) is 74.7 Å². The number of hydrogen-bond acceptors (Lipinski definition) is 8. The zero-order valence-corrected chi connectivity index (χ0v) is 19.8. The van der Waals surface area contributed by atoms with E-state index in [1.165, 1.54) is 0 Å². The van der Waals surface area contributed by atoms with Crippen LogP contribution in [0.2, 0.25) is 0 Å². The van der Waals surface area contributed by atoms with Crippen molar-refractivity contribution < 1.29 is 59.8 Å². The monoisotopic (exact) mass is 428 g/mol. The topological polar surface area (TPSA) is 110 Å². The van der Waals surface area contributed by atoms with E-state index >= 15 is 0 Å². The van der Waals surface area contributed by atoms with E-state index in [-0.39, 0.29) is 59.9 Å². The summed E-state index contributed by atoms with van der Waals surface area (Å²) in [6, 6.07) is 0. The molecule has 9 nitrogen and oxygen atoms in total. The second-order valence-electron chi connectivity index (χ2n) is 4.70. The van der Waals surface area contributed by atoms with Gasteiger partial charge in [0.25, 0.3) is 10.1 Å². The van der Waals surface area contributed by atoms with Gasteiger partial charge in [-0.1, -0.05) is 0 Å². The maximum Gasteiger partial charge on any atom is 1.00 e. The molecule has 0 saturated carbocycles. The van der Waals surface area contributed by atoms with Gasteiger partial charge >= 0.3 is 36.5 Å². The van der Waals surface area contributed by atoms with Crippen molar-refractivity contribution in [2.24, 2.45) is 0 Å². The van der Waals surface area contributed by atoms with Crippen LogP contribution in [-0.2, 0) is 36.7 Å². The Morgan fingerprint density at radius 2 is 0.885 bits per heavy atom. The Kier molecular flexibility index (Phi) is 15.4. The third-order valence-electron chi connectivity index (χ3n) is 3.01. The third kappa shape index (κ3) is 7.61. The van der Waals surface area contributed by atoms with Gasteiger partial charge < -0.3 is 28.0 Å². The minimum Gasteiger partial charge on any atom is -1.00 e. The van der Waals surface area contributed by atoms with Gasteiger partial charge in [-0.25, -0.2) is 0 Å². The first kappa shape index (κ1) is 28.9. The van der Waals surface area contributed by atoms with Crippen molar-refractivity contribution in [1.29, 1.82) is 0 Å². The van der Waals surface area contributed by atoms with E-state index in [1.54, 1.807) is 41.5 Å². The summed E-state index contributed by atoms with van der Waals surface area (Å²) in [5, 5.41) is 0. The van der Waals surface area contributed by atoms with Crippen LogP contribution < -0.4 is 18.9 Å². The quantitative estimate of drug-likeness (QED) is 0.247. The van der Waals surface area contributed by atoms with E-state index in [1.807, 2.05) is 0 Å². The molecule has 0 bridgehead atoms. The maximum absolute atomic E-state index is 12.4. The minimum absolute atomic E-state index is 0. The van der Waals surface area contributed by atoms with Gasteiger partial charge in [-0.2, -0.15) is 8.42 Å². The molecule has 0 aliphatic heterocycles. The SMILES string of the molecule is CCO[Si](OCC)(OCC)C([Si](OCC)(OCC)OCC)S(=O)(=O)O.[H-].[Li+]. The fourth-order valence-electron chi connectivity index (χ4n) is 2.49. The molecule has 1 N–H and O–H groups in total. The molecule has 0 aromatic rings. The summed E-state index contributed by atoms with van der Waals surface area (Å²) in [5.74, 6) is 0. The summed E-state index contributed by atoms with van der Waals surface area (Å²) in [6.07, 6.45) is 0. The van der Waals surface area contributed by atoms with Gasteiger partial charge in [-0.15, -0.1) is 0 Å². The number of rotatable bonds is 15. The predicted octanol–water partition coefficient (Wildman–Crippen LogP) is -1.47. The van der Waals surface area contributed by atoms with E-state index in [4.69, 9.17) is 26.6 Å². The van der Waals surface area contributed by atoms with E-state index in [0.29, 0.717) is 0 Å². The molecule has 0 unspecified atom stereocenters. The van der Waals surface area contributed by atoms with Gasteiger partial charge in [0.15, 0.2) is 0 Å². The fraction of sp³-hybridized carbons (Fsp3) is 1.00. The third-order valence-corrected chi connectivity index (χ3v) is 14.7.